The Labute approximate surface area is 147 Å². The van der Waals surface area contributed by atoms with Gasteiger partial charge in [0.15, 0.2) is 8.32 Å². The molecule has 2 rings (SSSR count). The first-order valence-electron chi connectivity index (χ1n) is 8.39. The molecule has 0 saturated heterocycles. The van der Waals surface area contributed by atoms with Gasteiger partial charge in [-0.15, -0.1) is 0 Å². The zero-order chi connectivity index (χ0) is 18.3. The molecule has 1 aromatic carbocycles. The predicted octanol–water partition coefficient (Wildman–Crippen LogP) is 4.09. The highest BCUT2D eigenvalue weighted by Gasteiger charge is 2.37. The molecule has 1 N–H and O–H groups in total. The lowest BCUT2D eigenvalue weighted by atomic mass is 10.1. The number of hydrogen-bond donors (Lipinski definition) is 1. The van der Waals surface area contributed by atoms with E-state index in [4.69, 9.17) is 4.43 Å². The van der Waals surface area contributed by atoms with Crippen molar-refractivity contribution in [1.29, 1.82) is 0 Å². The van der Waals surface area contributed by atoms with Crippen molar-refractivity contribution in [2.24, 2.45) is 0 Å². The molecule has 0 unspecified atom stereocenters. The summed E-state index contributed by atoms with van der Waals surface area (Å²) in [6.45, 7) is 15.9. The monoisotopic (exact) mass is 370 g/mol. The summed E-state index contributed by atoms with van der Waals surface area (Å²) >= 11 is 0. The van der Waals surface area contributed by atoms with E-state index in [9.17, 15) is 8.42 Å². The molecule has 1 aliphatic heterocycles. The molecule has 0 spiro atoms. The van der Waals surface area contributed by atoms with E-state index in [-0.39, 0.29) is 11.1 Å². The van der Waals surface area contributed by atoms with Gasteiger partial charge in [0, 0.05) is 12.6 Å². The van der Waals surface area contributed by atoms with Gasteiger partial charge in [-0.1, -0.05) is 32.9 Å². The summed E-state index contributed by atoms with van der Waals surface area (Å²) in [6.07, 6.45) is 0. The SMILES string of the molecule is CC(C)N1Cc2cc(CO[Si](C)(C)C(C)(C)C)ccc2NS1(=O)=O. The molecule has 7 heteroatoms. The highest BCUT2D eigenvalue weighted by atomic mass is 32.2. The number of nitrogens with zero attached hydrogens (tertiary/aromatic N) is 1. The third-order valence-corrected chi connectivity index (χ3v) is 11.1. The molecule has 0 saturated carbocycles. The molecule has 1 heterocycles. The number of anilines is 1. The van der Waals surface area contributed by atoms with Crippen LogP contribution in [0.15, 0.2) is 18.2 Å². The standard InChI is InChI=1S/C17H30N2O3SSi/c1-13(2)19-11-15-10-14(8-9-16(15)18-23(19,20)21)12-22-24(6,7)17(3,4)5/h8-10,13,18H,11-12H2,1-7H3. The Morgan fingerprint density at radius 1 is 1.29 bits per heavy atom. The topological polar surface area (TPSA) is 58.6 Å². The van der Waals surface area contributed by atoms with Crippen molar-refractivity contribution in [3.63, 3.8) is 0 Å². The average Bonchev–Trinajstić information content (AvgIpc) is 2.42. The second-order valence-corrected chi connectivity index (χ2v) is 14.7. The summed E-state index contributed by atoms with van der Waals surface area (Å²) in [4.78, 5) is 0. The van der Waals surface area contributed by atoms with Crippen LogP contribution in [0.5, 0.6) is 0 Å². The highest BCUT2D eigenvalue weighted by molar-refractivity contribution is 7.90. The maximum Gasteiger partial charge on any atom is 0.302 e. The van der Waals surface area contributed by atoms with E-state index in [1.807, 2.05) is 26.0 Å². The Morgan fingerprint density at radius 3 is 2.46 bits per heavy atom. The van der Waals surface area contributed by atoms with Crippen molar-refractivity contribution in [1.82, 2.24) is 4.31 Å². The van der Waals surface area contributed by atoms with Crippen LogP contribution in [0.4, 0.5) is 5.69 Å². The van der Waals surface area contributed by atoms with Gasteiger partial charge in [-0.25, -0.2) is 0 Å². The Kier molecular flexibility index (Phi) is 5.21. The molecule has 5 nitrogen and oxygen atoms in total. The van der Waals surface area contributed by atoms with Crippen molar-refractivity contribution in [3.05, 3.63) is 29.3 Å². The summed E-state index contributed by atoms with van der Waals surface area (Å²) < 4.78 is 34.9. The maximum absolute atomic E-state index is 12.2. The summed E-state index contributed by atoms with van der Waals surface area (Å²) in [5.74, 6) is 0. The summed E-state index contributed by atoms with van der Waals surface area (Å²) in [5.41, 5.74) is 2.75. The normalized spacial score (nSPS) is 18.3. The van der Waals surface area contributed by atoms with E-state index >= 15 is 0 Å². The molecule has 0 atom stereocenters. The third kappa shape index (κ3) is 4.01. The number of benzene rings is 1. The van der Waals surface area contributed by atoms with Gasteiger partial charge in [-0.3, -0.25) is 4.72 Å². The van der Waals surface area contributed by atoms with Gasteiger partial charge in [0.05, 0.1) is 12.3 Å². The van der Waals surface area contributed by atoms with E-state index < -0.39 is 18.5 Å². The van der Waals surface area contributed by atoms with Crippen molar-refractivity contribution in [3.8, 4) is 0 Å². The van der Waals surface area contributed by atoms with E-state index in [1.54, 1.807) is 0 Å². The van der Waals surface area contributed by atoms with Gasteiger partial charge in [-0.2, -0.15) is 12.7 Å². The first kappa shape index (κ1) is 19.4. The quantitative estimate of drug-likeness (QED) is 0.812. The second-order valence-electron chi connectivity index (χ2n) is 8.29. The Bertz CT molecular complexity index is 709. The first-order valence-corrected chi connectivity index (χ1v) is 12.7. The molecule has 0 aliphatic carbocycles. The Balaban J connectivity index is 2.20. The number of nitrogens with one attached hydrogen (secondary N) is 1. The van der Waals surface area contributed by atoms with Gasteiger partial charge >= 0.3 is 10.2 Å². The molecule has 0 aromatic heterocycles. The van der Waals surface area contributed by atoms with Crippen molar-refractivity contribution < 1.29 is 12.8 Å². The predicted molar refractivity (Wildman–Crippen MR) is 102 cm³/mol. The number of rotatable bonds is 4. The zero-order valence-electron chi connectivity index (χ0n) is 15.8. The minimum absolute atomic E-state index is 0.0808. The van der Waals surface area contributed by atoms with E-state index in [1.165, 1.54) is 4.31 Å². The smallest absolute Gasteiger partial charge is 0.302 e. The third-order valence-electron chi connectivity index (χ3n) is 5.03. The fourth-order valence-electron chi connectivity index (χ4n) is 2.36. The van der Waals surface area contributed by atoms with Crippen LogP contribution in [-0.2, 0) is 27.8 Å². The van der Waals surface area contributed by atoms with E-state index in [0.717, 1.165) is 11.1 Å². The lowest BCUT2D eigenvalue weighted by Gasteiger charge is -2.36. The minimum Gasteiger partial charge on any atom is -0.413 e. The van der Waals surface area contributed by atoms with Gasteiger partial charge in [0.25, 0.3) is 0 Å². The van der Waals surface area contributed by atoms with Crippen LogP contribution in [0.3, 0.4) is 0 Å². The fourth-order valence-corrected chi connectivity index (χ4v) is 4.78. The molecule has 1 aromatic rings. The van der Waals surface area contributed by atoms with Crippen LogP contribution >= 0.6 is 0 Å². The Morgan fingerprint density at radius 2 is 1.92 bits per heavy atom. The summed E-state index contributed by atoms with van der Waals surface area (Å²) in [5, 5.41) is 0.172. The number of fused-ring (bicyclic) bond motifs is 1. The van der Waals surface area contributed by atoms with Crippen LogP contribution < -0.4 is 4.72 Å². The minimum atomic E-state index is -3.44. The molecule has 24 heavy (non-hydrogen) atoms. The average molecular weight is 371 g/mol. The van der Waals surface area contributed by atoms with Crippen LogP contribution in [0, 0.1) is 0 Å². The van der Waals surface area contributed by atoms with Gasteiger partial charge in [0.2, 0.25) is 0 Å². The van der Waals surface area contributed by atoms with Crippen molar-refractivity contribution in [2.45, 2.75) is 71.9 Å². The molecule has 136 valence electrons. The van der Waals surface area contributed by atoms with Gasteiger partial charge in [0.1, 0.15) is 0 Å². The van der Waals surface area contributed by atoms with Crippen molar-refractivity contribution in [2.75, 3.05) is 4.72 Å². The summed E-state index contributed by atoms with van der Waals surface area (Å²) in [7, 11) is -5.24. The second kappa shape index (κ2) is 6.44. The molecular formula is C17H30N2O3SSi. The largest absolute Gasteiger partial charge is 0.413 e. The maximum atomic E-state index is 12.2. The molecule has 0 bridgehead atoms. The van der Waals surface area contributed by atoms with Crippen LogP contribution in [0.2, 0.25) is 18.1 Å². The van der Waals surface area contributed by atoms with E-state index in [2.05, 4.69) is 44.7 Å². The van der Waals surface area contributed by atoms with Gasteiger partial charge in [-0.05, 0) is 49.2 Å². The summed E-state index contributed by atoms with van der Waals surface area (Å²) in [6, 6.07) is 5.76. The van der Waals surface area contributed by atoms with Gasteiger partial charge < -0.3 is 4.43 Å². The molecule has 0 amide bonds. The molecule has 0 fully saturated rings. The zero-order valence-corrected chi connectivity index (χ0v) is 17.6. The molecular weight excluding hydrogens is 340 g/mol. The lowest BCUT2D eigenvalue weighted by molar-refractivity contribution is 0.276. The van der Waals surface area contributed by atoms with E-state index in [0.29, 0.717) is 18.8 Å². The molecule has 0 radical (unpaired) electrons. The fraction of sp³-hybridized carbons (Fsp3) is 0.647. The van der Waals surface area contributed by atoms with Crippen LogP contribution in [0.1, 0.15) is 45.7 Å². The molecule has 1 aliphatic rings. The number of hydrogen-bond acceptors (Lipinski definition) is 3. The Hall–Kier alpha value is -0.893. The van der Waals surface area contributed by atoms with Crippen molar-refractivity contribution >= 4 is 24.2 Å². The lowest BCUT2D eigenvalue weighted by Crippen LogP contribution is -2.43. The first-order chi connectivity index (χ1) is 10.8. The highest BCUT2D eigenvalue weighted by Crippen LogP contribution is 2.37. The van der Waals surface area contributed by atoms with Crippen LogP contribution in [-0.4, -0.2) is 27.1 Å². The van der Waals surface area contributed by atoms with Crippen LogP contribution in [0.25, 0.3) is 0 Å².